The third-order valence-electron chi connectivity index (χ3n) is 3.31. The lowest BCUT2D eigenvalue weighted by molar-refractivity contribution is 0.373. The maximum absolute atomic E-state index is 9.60. The SMILES string of the molecule is CNc1ccc2sc(C=Cc3ccc(O)c(OC)c3)nc2c1. The molecule has 112 valence electrons. The third-order valence-corrected chi connectivity index (χ3v) is 4.32. The summed E-state index contributed by atoms with van der Waals surface area (Å²) in [5.74, 6) is 0.601. The van der Waals surface area contributed by atoms with Gasteiger partial charge in [0.15, 0.2) is 11.5 Å². The number of aromatic nitrogens is 1. The average Bonchev–Trinajstić information content (AvgIpc) is 2.95. The number of nitrogens with one attached hydrogen (secondary N) is 1. The third kappa shape index (κ3) is 2.89. The molecule has 1 aromatic heterocycles. The summed E-state index contributed by atoms with van der Waals surface area (Å²) in [5, 5.41) is 13.7. The number of benzene rings is 2. The quantitative estimate of drug-likeness (QED) is 0.757. The number of methoxy groups -OCH3 is 1. The first-order valence-corrected chi connectivity index (χ1v) is 7.64. The molecule has 0 atom stereocenters. The molecule has 3 rings (SSSR count). The summed E-state index contributed by atoms with van der Waals surface area (Å²) in [6.45, 7) is 0. The van der Waals surface area contributed by atoms with Gasteiger partial charge in [0.2, 0.25) is 0 Å². The van der Waals surface area contributed by atoms with Crippen LogP contribution in [0.15, 0.2) is 36.4 Å². The minimum atomic E-state index is 0.138. The van der Waals surface area contributed by atoms with Crippen LogP contribution in [-0.2, 0) is 0 Å². The first kappa shape index (κ1) is 14.4. The largest absolute Gasteiger partial charge is 0.504 e. The Kier molecular flexibility index (Phi) is 3.98. The summed E-state index contributed by atoms with van der Waals surface area (Å²) in [7, 11) is 3.43. The van der Waals surface area contributed by atoms with E-state index in [-0.39, 0.29) is 5.75 Å². The number of aromatic hydroxyl groups is 1. The van der Waals surface area contributed by atoms with Crippen LogP contribution in [0, 0.1) is 0 Å². The van der Waals surface area contributed by atoms with Crippen LogP contribution < -0.4 is 10.1 Å². The number of rotatable bonds is 4. The van der Waals surface area contributed by atoms with E-state index in [4.69, 9.17) is 4.74 Å². The van der Waals surface area contributed by atoms with Gasteiger partial charge in [0.25, 0.3) is 0 Å². The van der Waals surface area contributed by atoms with E-state index in [1.807, 2.05) is 37.4 Å². The molecule has 0 fully saturated rings. The number of fused-ring (bicyclic) bond motifs is 1. The molecule has 0 bridgehead atoms. The molecule has 1 heterocycles. The zero-order valence-corrected chi connectivity index (χ0v) is 13.1. The predicted molar refractivity (Wildman–Crippen MR) is 92.8 cm³/mol. The maximum atomic E-state index is 9.60. The number of anilines is 1. The first-order chi connectivity index (χ1) is 10.7. The molecule has 0 saturated heterocycles. The van der Waals surface area contributed by atoms with Gasteiger partial charge in [0.1, 0.15) is 5.01 Å². The van der Waals surface area contributed by atoms with Gasteiger partial charge in [0.05, 0.1) is 17.3 Å². The van der Waals surface area contributed by atoms with E-state index in [0.717, 1.165) is 26.5 Å². The van der Waals surface area contributed by atoms with Crippen molar-refractivity contribution in [1.82, 2.24) is 4.98 Å². The van der Waals surface area contributed by atoms with Crippen LogP contribution in [0.4, 0.5) is 5.69 Å². The molecule has 5 heteroatoms. The van der Waals surface area contributed by atoms with Crippen molar-refractivity contribution in [2.24, 2.45) is 0 Å². The van der Waals surface area contributed by atoms with Gasteiger partial charge in [-0.25, -0.2) is 4.98 Å². The van der Waals surface area contributed by atoms with Crippen molar-refractivity contribution in [3.63, 3.8) is 0 Å². The Bertz CT molecular complexity index is 840. The van der Waals surface area contributed by atoms with Crippen molar-refractivity contribution >= 4 is 39.4 Å². The standard InChI is InChI=1S/C17H16N2O2S/c1-18-12-5-7-16-13(10-12)19-17(22-16)8-4-11-3-6-14(20)15(9-11)21-2/h3-10,18,20H,1-2H3. The molecule has 0 spiro atoms. The van der Waals surface area contributed by atoms with Crippen molar-refractivity contribution in [2.45, 2.75) is 0 Å². The molecule has 2 N–H and O–H groups in total. The van der Waals surface area contributed by atoms with Gasteiger partial charge in [-0.15, -0.1) is 11.3 Å². The van der Waals surface area contributed by atoms with Gasteiger partial charge < -0.3 is 15.2 Å². The van der Waals surface area contributed by atoms with E-state index in [9.17, 15) is 5.11 Å². The van der Waals surface area contributed by atoms with E-state index in [1.165, 1.54) is 7.11 Å². The van der Waals surface area contributed by atoms with Crippen molar-refractivity contribution in [1.29, 1.82) is 0 Å². The summed E-state index contributed by atoms with van der Waals surface area (Å²) >= 11 is 1.64. The van der Waals surface area contributed by atoms with Crippen molar-refractivity contribution in [3.8, 4) is 11.5 Å². The molecule has 0 saturated carbocycles. The Morgan fingerprint density at radius 1 is 1.18 bits per heavy atom. The van der Waals surface area contributed by atoms with Crippen molar-refractivity contribution in [3.05, 3.63) is 47.0 Å². The number of nitrogens with zero attached hydrogens (tertiary/aromatic N) is 1. The molecule has 3 aromatic rings. The second kappa shape index (κ2) is 6.07. The van der Waals surface area contributed by atoms with Gasteiger partial charge in [-0.2, -0.15) is 0 Å². The zero-order valence-electron chi connectivity index (χ0n) is 12.3. The van der Waals surface area contributed by atoms with E-state index >= 15 is 0 Å². The van der Waals surface area contributed by atoms with E-state index in [2.05, 4.69) is 16.4 Å². The normalized spacial score (nSPS) is 11.2. The summed E-state index contributed by atoms with van der Waals surface area (Å²) in [6.07, 6.45) is 3.92. The summed E-state index contributed by atoms with van der Waals surface area (Å²) < 4.78 is 6.26. The molecule has 2 aromatic carbocycles. The van der Waals surface area contributed by atoms with Gasteiger partial charge >= 0.3 is 0 Å². The highest BCUT2D eigenvalue weighted by atomic mass is 32.1. The Balaban J connectivity index is 1.88. The summed E-state index contributed by atoms with van der Waals surface area (Å²) in [5.41, 5.74) is 2.99. The average molecular weight is 312 g/mol. The minimum absolute atomic E-state index is 0.138. The van der Waals surface area contributed by atoms with Crippen LogP contribution in [0.2, 0.25) is 0 Å². The Hall–Kier alpha value is -2.53. The maximum Gasteiger partial charge on any atom is 0.161 e. The lowest BCUT2D eigenvalue weighted by atomic mass is 10.2. The molecule has 0 aliphatic rings. The van der Waals surface area contributed by atoms with E-state index in [0.29, 0.717) is 5.75 Å². The fourth-order valence-corrected chi connectivity index (χ4v) is 2.99. The fraction of sp³-hybridized carbons (Fsp3) is 0.118. The Morgan fingerprint density at radius 3 is 2.82 bits per heavy atom. The Labute approximate surface area is 132 Å². The number of thiazole rings is 1. The minimum Gasteiger partial charge on any atom is -0.504 e. The second-order valence-electron chi connectivity index (χ2n) is 4.75. The number of phenolic OH excluding ortho intramolecular Hbond substituents is 1. The van der Waals surface area contributed by atoms with Gasteiger partial charge in [-0.1, -0.05) is 12.1 Å². The van der Waals surface area contributed by atoms with Crippen molar-refractivity contribution in [2.75, 3.05) is 19.5 Å². The monoisotopic (exact) mass is 312 g/mol. The van der Waals surface area contributed by atoms with Gasteiger partial charge in [-0.3, -0.25) is 0 Å². The number of ether oxygens (including phenoxy) is 1. The van der Waals surface area contributed by atoms with Crippen LogP contribution in [0.3, 0.4) is 0 Å². The van der Waals surface area contributed by atoms with Crippen LogP contribution in [0.5, 0.6) is 11.5 Å². The highest BCUT2D eigenvalue weighted by Crippen LogP contribution is 2.28. The molecule has 0 radical (unpaired) electrons. The fourth-order valence-electron chi connectivity index (χ4n) is 2.14. The van der Waals surface area contributed by atoms with Gasteiger partial charge in [-0.05, 0) is 42.0 Å². The number of phenols is 1. The van der Waals surface area contributed by atoms with E-state index < -0.39 is 0 Å². The molecule has 4 nitrogen and oxygen atoms in total. The highest BCUT2D eigenvalue weighted by molar-refractivity contribution is 7.19. The topological polar surface area (TPSA) is 54.4 Å². The molecule has 0 unspecified atom stereocenters. The first-order valence-electron chi connectivity index (χ1n) is 6.83. The summed E-state index contributed by atoms with van der Waals surface area (Å²) in [6, 6.07) is 11.4. The lowest BCUT2D eigenvalue weighted by Gasteiger charge is -2.03. The molecular formula is C17H16N2O2S. The van der Waals surface area contributed by atoms with Gasteiger partial charge in [0, 0.05) is 12.7 Å². The smallest absolute Gasteiger partial charge is 0.161 e. The van der Waals surface area contributed by atoms with E-state index in [1.54, 1.807) is 23.5 Å². The van der Waals surface area contributed by atoms with Crippen LogP contribution in [0.1, 0.15) is 10.6 Å². The number of hydrogen-bond donors (Lipinski definition) is 2. The summed E-state index contributed by atoms with van der Waals surface area (Å²) in [4.78, 5) is 4.61. The Morgan fingerprint density at radius 2 is 2.05 bits per heavy atom. The van der Waals surface area contributed by atoms with Crippen LogP contribution in [-0.4, -0.2) is 24.2 Å². The predicted octanol–water partition coefficient (Wildman–Crippen LogP) is 4.22. The second-order valence-corrected chi connectivity index (χ2v) is 5.81. The zero-order chi connectivity index (χ0) is 15.5. The molecule has 0 aliphatic heterocycles. The molecule has 22 heavy (non-hydrogen) atoms. The van der Waals surface area contributed by atoms with Crippen molar-refractivity contribution < 1.29 is 9.84 Å². The molecular weight excluding hydrogens is 296 g/mol. The molecule has 0 aliphatic carbocycles. The molecule has 0 amide bonds. The van der Waals surface area contributed by atoms with Crippen LogP contribution in [0.25, 0.3) is 22.4 Å². The van der Waals surface area contributed by atoms with Crippen LogP contribution >= 0.6 is 11.3 Å². The lowest BCUT2D eigenvalue weighted by Crippen LogP contribution is -1.86. The highest BCUT2D eigenvalue weighted by Gasteiger charge is 2.03. The number of hydrogen-bond acceptors (Lipinski definition) is 5.